The second-order valence-corrected chi connectivity index (χ2v) is 8.69. The quantitative estimate of drug-likeness (QED) is 0.428. The number of quaternary nitrogens is 1. The first-order valence-corrected chi connectivity index (χ1v) is 11.4. The summed E-state index contributed by atoms with van der Waals surface area (Å²) < 4.78 is 0. The van der Waals surface area contributed by atoms with E-state index in [1.807, 2.05) is 48.5 Å². The molecule has 3 rings (SSSR count). The van der Waals surface area contributed by atoms with Crippen molar-refractivity contribution in [2.24, 2.45) is 0 Å². The Bertz CT molecular complexity index is 912. The van der Waals surface area contributed by atoms with Crippen molar-refractivity contribution >= 4 is 35.3 Å². The molecule has 1 aliphatic heterocycles. The molecule has 1 heterocycles. The highest BCUT2D eigenvalue weighted by molar-refractivity contribution is 8.04. The summed E-state index contributed by atoms with van der Waals surface area (Å²) in [6, 6.07) is 15.2. The van der Waals surface area contributed by atoms with E-state index in [0.717, 1.165) is 23.4 Å². The molecular weight excluding hydrogens is 394 g/mol. The molecule has 0 fully saturated rings. The van der Waals surface area contributed by atoms with Gasteiger partial charge in [-0.05, 0) is 36.3 Å². The maximum Gasteiger partial charge on any atom is 0.262 e. The number of benzene rings is 2. The van der Waals surface area contributed by atoms with Crippen molar-refractivity contribution in [1.29, 1.82) is 0 Å². The van der Waals surface area contributed by atoms with Crippen molar-refractivity contribution in [3.05, 3.63) is 64.6 Å². The molecule has 0 radical (unpaired) electrons. The first kappa shape index (κ1) is 22.1. The largest absolute Gasteiger partial charge is 0.352 e. The number of unbranched alkanes of at least 4 members (excludes halogenated alkanes) is 1. The smallest absolute Gasteiger partial charge is 0.262 e. The fraction of sp³-hybridized carbons (Fsp3) is 0.333. The third-order valence-electron chi connectivity index (χ3n) is 5.05. The van der Waals surface area contributed by atoms with Gasteiger partial charge in [-0.25, -0.2) is 0 Å². The molecule has 1 atom stereocenters. The Kier molecular flexibility index (Phi) is 8.11. The molecule has 0 aliphatic carbocycles. The SMILES string of the molecule is CCCC[NH+](C)CCCNC(=O)c1ccc2c(c1)NC(=O)C(=Cc1ccccc1)S2. The van der Waals surface area contributed by atoms with E-state index >= 15 is 0 Å². The molecule has 5 nitrogen and oxygen atoms in total. The highest BCUT2D eigenvalue weighted by Crippen LogP contribution is 2.39. The van der Waals surface area contributed by atoms with E-state index in [9.17, 15) is 9.59 Å². The predicted molar refractivity (Wildman–Crippen MR) is 124 cm³/mol. The summed E-state index contributed by atoms with van der Waals surface area (Å²) in [5, 5.41) is 5.90. The topological polar surface area (TPSA) is 62.6 Å². The fourth-order valence-corrected chi connectivity index (χ4v) is 4.23. The standard InChI is InChI=1S/C24H29N3O2S/c1-3-4-14-27(2)15-8-13-25-23(28)19-11-12-21-20(17-19)26-24(29)22(30-21)16-18-9-6-5-7-10-18/h5-7,9-12,16-17H,3-4,8,13-15H2,1-2H3,(H,25,28)(H,26,29)/p+1. The summed E-state index contributed by atoms with van der Waals surface area (Å²) in [4.78, 5) is 28.1. The number of carbonyl (C=O) groups excluding carboxylic acids is 2. The highest BCUT2D eigenvalue weighted by Gasteiger charge is 2.22. The minimum Gasteiger partial charge on any atom is -0.352 e. The fourth-order valence-electron chi connectivity index (χ4n) is 3.30. The summed E-state index contributed by atoms with van der Waals surface area (Å²) in [7, 11) is 2.20. The van der Waals surface area contributed by atoms with Gasteiger partial charge in [-0.3, -0.25) is 9.59 Å². The van der Waals surface area contributed by atoms with E-state index in [0.29, 0.717) is 22.7 Å². The predicted octanol–water partition coefficient (Wildman–Crippen LogP) is 3.21. The van der Waals surface area contributed by atoms with Crippen LogP contribution in [0.25, 0.3) is 6.08 Å². The number of carbonyl (C=O) groups is 2. The Labute approximate surface area is 182 Å². The molecule has 30 heavy (non-hydrogen) atoms. The number of hydrogen-bond acceptors (Lipinski definition) is 3. The monoisotopic (exact) mass is 424 g/mol. The minimum atomic E-state index is -0.146. The Morgan fingerprint density at radius 2 is 1.90 bits per heavy atom. The molecule has 2 aromatic carbocycles. The van der Waals surface area contributed by atoms with Crippen molar-refractivity contribution in [3.63, 3.8) is 0 Å². The second kappa shape index (κ2) is 11.0. The van der Waals surface area contributed by atoms with Crippen LogP contribution in [0.4, 0.5) is 5.69 Å². The Balaban J connectivity index is 1.56. The van der Waals surface area contributed by atoms with Gasteiger partial charge in [0.2, 0.25) is 0 Å². The molecule has 2 aromatic rings. The normalized spacial score (nSPS) is 15.4. The molecule has 1 unspecified atom stereocenters. The lowest BCUT2D eigenvalue weighted by atomic mass is 10.1. The van der Waals surface area contributed by atoms with Gasteiger partial charge in [0, 0.05) is 23.4 Å². The number of fused-ring (bicyclic) bond motifs is 1. The van der Waals surface area contributed by atoms with Crippen LogP contribution < -0.4 is 15.5 Å². The molecule has 158 valence electrons. The number of thioether (sulfide) groups is 1. The van der Waals surface area contributed by atoms with Crippen molar-refractivity contribution in [1.82, 2.24) is 5.32 Å². The van der Waals surface area contributed by atoms with Gasteiger partial charge in [-0.1, -0.05) is 55.4 Å². The van der Waals surface area contributed by atoms with Crippen LogP contribution in [0.1, 0.15) is 42.1 Å². The van der Waals surface area contributed by atoms with Crippen LogP contribution in [0, 0.1) is 0 Å². The Morgan fingerprint density at radius 1 is 1.13 bits per heavy atom. The van der Waals surface area contributed by atoms with E-state index in [1.165, 1.54) is 36.0 Å². The maximum atomic E-state index is 12.5. The highest BCUT2D eigenvalue weighted by atomic mass is 32.2. The van der Waals surface area contributed by atoms with Gasteiger partial charge in [-0.2, -0.15) is 0 Å². The molecule has 2 amide bonds. The molecular formula is C24H30N3O2S+. The Morgan fingerprint density at radius 3 is 2.67 bits per heavy atom. The number of amides is 2. The molecule has 3 N–H and O–H groups in total. The molecule has 0 saturated heterocycles. The van der Waals surface area contributed by atoms with Crippen molar-refractivity contribution < 1.29 is 14.5 Å². The van der Waals surface area contributed by atoms with Gasteiger partial charge < -0.3 is 15.5 Å². The van der Waals surface area contributed by atoms with Crippen molar-refractivity contribution in [3.8, 4) is 0 Å². The zero-order chi connectivity index (χ0) is 21.3. The lowest BCUT2D eigenvalue weighted by Crippen LogP contribution is -3.09. The van der Waals surface area contributed by atoms with E-state index in [1.54, 1.807) is 6.07 Å². The van der Waals surface area contributed by atoms with Gasteiger partial charge in [0.05, 0.1) is 30.7 Å². The van der Waals surface area contributed by atoms with Crippen molar-refractivity contribution in [2.75, 3.05) is 32.0 Å². The van der Waals surface area contributed by atoms with Gasteiger partial charge in [-0.15, -0.1) is 0 Å². The first-order chi connectivity index (χ1) is 14.6. The van der Waals surface area contributed by atoms with E-state index in [-0.39, 0.29) is 11.8 Å². The molecule has 0 spiro atoms. The summed E-state index contributed by atoms with van der Waals surface area (Å²) >= 11 is 1.43. The van der Waals surface area contributed by atoms with E-state index in [4.69, 9.17) is 0 Å². The third kappa shape index (κ3) is 6.21. The van der Waals surface area contributed by atoms with Crippen LogP contribution in [0.3, 0.4) is 0 Å². The van der Waals surface area contributed by atoms with E-state index in [2.05, 4.69) is 24.6 Å². The maximum absolute atomic E-state index is 12.5. The molecule has 1 aliphatic rings. The van der Waals surface area contributed by atoms with Crippen LogP contribution in [0.15, 0.2) is 58.3 Å². The number of anilines is 1. The van der Waals surface area contributed by atoms with Crippen molar-refractivity contribution in [2.45, 2.75) is 31.1 Å². The Hall–Kier alpha value is -2.57. The first-order valence-electron chi connectivity index (χ1n) is 10.6. The summed E-state index contributed by atoms with van der Waals surface area (Å²) in [5.41, 5.74) is 2.24. The molecule has 0 saturated carbocycles. The lowest BCUT2D eigenvalue weighted by molar-refractivity contribution is -0.879. The van der Waals surface area contributed by atoms with Crippen LogP contribution in [-0.2, 0) is 4.79 Å². The third-order valence-corrected chi connectivity index (χ3v) is 6.15. The average Bonchev–Trinajstić information content (AvgIpc) is 2.76. The van der Waals surface area contributed by atoms with Gasteiger partial charge in [0.15, 0.2) is 0 Å². The average molecular weight is 425 g/mol. The molecule has 0 aromatic heterocycles. The van der Waals surface area contributed by atoms with Gasteiger partial charge in [0.25, 0.3) is 11.8 Å². The van der Waals surface area contributed by atoms with Crippen LogP contribution in [0.2, 0.25) is 0 Å². The molecule has 0 bridgehead atoms. The summed E-state index contributed by atoms with van der Waals surface area (Å²) in [5.74, 6) is -0.249. The van der Waals surface area contributed by atoms with Gasteiger partial charge in [0.1, 0.15) is 0 Å². The van der Waals surface area contributed by atoms with Gasteiger partial charge >= 0.3 is 0 Å². The van der Waals surface area contributed by atoms with E-state index < -0.39 is 0 Å². The second-order valence-electron chi connectivity index (χ2n) is 7.61. The zero-order valence-corrected chi connectivity index (χ0v) is 18.5. The zero-order valence-electron chi connectivity index (χ0n) is 17.7. The number of nitrogens with one attached hydrogen (secondary N) is 3. The minimum absolute atomic E-state index is 0.103. The summed E-state index contributed by atoms with van der Waals surface area (Å²) in [6.45, 7) is 5.08. The number of rotatable bonds is 9. The van der Waals surface area contributed by atoms with Crippen LogP contribution >= 0.6 is 11.8 Å². The molecule has 6 heteroatoms. The van der Waals surface area contributed by atoms with Crippen LogP contribution in [-0.4, -0.2) is 38.5 Å². The number of hydrogen-bond donors (Lipinski definition) is 3. The lowest BCUT2D eigenvalue weighted by Gasteiger charge is -2.19. The summed E-state index contributed by atoms with van der Waals surface area (Å²) in [6.07, 6.45) is 5.28. The van der Waals surface area contributed by atoms with Crippen LogP contribution in [0.5, 0.6) is 0 Å².